The third kappa shape index (κ3) is 3.55. The van der Waals surface area contributed by atoms with Crippen LogP contribution in [0.1, 0.15) is 43.1 Å². The number of nitrogens with zero attached hydrogens (tertiary/aromatic N) is 3. The zero-order chi connectivity index (χ0) is 18.0. The number of para-hydroxylation sites is 1. The first-order valence-electron chi connectivity index (χ1n) is 8.56. The second kappa shape index (κ2) is 7.05. The maximum atomic E-state index is 12.1. The molecule has 3 aromatic rings. The SMILES string of the molecule is Cc1nc2c(cnn2C(C)C)c(C)c1CCC(=O)Oc1ccccc1. The molecule has 130 valence electrons. The van der Waals surface area contributed by atoms with Crippen molar-refractivity contribution in [3.8, 4) is 5.75 Å². The number of carbonyl (C=O) groups is 1. The third-order valence-corrected chi connectivity index (χ3v) is 4.38. The van der Waals surface area contributed by atoms with Gasteiger partial charge in [0.2, 0.25) is 0 Å². The van der Waals surface area contributed by atoms with Gasteiger partial charge in [-0.15, -0.1) is 0 Å². The summed E-state index contributed by atoms with van der Waals surface area (Å²) >= 11 is 0. The summed E-state index contributed by atoms with van der Waals surface area (Å²) in [5.41, 5.74) is 4.09. The largest absolute Gasteiger partial charge is 0.427 e. The number of benzene rings is 1. The zero-order valence-corrected chi connectivity index (χ0v) is 15.1. The maximum absolute atomic E-state index is 12.1. The summed E-state index contributed by atoms with van der Waals surface area (Å²) in [6.45, 7) is 8.24. The third-order valence-electron chi connectivity index (χ3n) is 4.38. The van der Waals surface area contributed by atoms with Gasteiger partial charge in [-0.05, 0) is 57.4 Å². The van der Waals surface area contributed by atoms with Crippen molar-refractivity contribution in [1.82, 2.24) is 14.8 Å². The van der Waals surface area contributed by atoms with E-state index in [1.54, 1.807) is 12.1 Å². The lowest BCUT2D eigenvalue weighted by molar-refractivity contribution is -0.134. The highest BCUT2D eigenvalue weighted by Crippen LogP contribution is 2.25. The molecule has 1 aromatic carbocycles. The molecule has 0 N–H and O–H groups in total. The average Bonchev–Trinajstić information content (AvgIpc) is 2.99. The molecule has 3 rings (SSSR count). The van der Waals surface area contributed by atoms with Crippen molar-refractivity contribution >= 4 is 17.0 Å². The molecule has 0 aliphatic carbocycles. The Morgan fingerprint density at radius 2 is 1.92 bits per heavy atom. The summed E-state index contributed by atoms with van der Waals surface area (Å²) < 4.78 is 7.30. The van der Waals surface area contributed by atoms with Gasteiger partial charge in [0.25, 0.3) is 0 Å². The Bertz CT molecular complexity index is 898. The lowest BCUT2D eigenvalue weighted by Gasteiger charge is -2.12. The number of aromatic nitrogens is 3. The van der Waals surface area contributed by atoms with E-state index in [1.807, 2.05) is 36.0 Å². The van der Waals surface area contributed by atoms with E-state index in [-0.39, 0.29) is 12.0 Å². The lowest BCUT2D eigenvalue weighted by atomic mass is 10.0. The molecule has 5 nitrogen and oxygen atoms in total. The fourth-order valence-corrected chi connectivity index (χ4v) is 3.04. The molecule has 0 saturated heterocycles. The van der Waals surface area contributed by atoms with E-state index in [4.69, 9.17) is 9.72 Å². The Kier molecular flexibility index (Phi) is 4.83. The number of hydrogen-bond acceptors (Lipinski definition) is 4. The summed E-state index contributed by atoms with van der Waals surface area (Å²) in [7, 11) is 0. The van der Waals surface area contributed by atoms with E-state index in [0.717, 1.165) is 27.9 Å². The molecule has 5 heteroatoms. The minimum absolute atomic E-state index is 0.233. The second-order valence-corrected chi connectivity index (χ2v) is 6.51. The molecule has 0 atom stereocenters. The van der Waals surface area contributed by atoms with Crippen molar-refractivity contribution in [3.05, 3.63) is 53.3 Å². The Morgan fingerprint density at radius 3 is 2.60 bits per heavy atom. The van der Waals surface area contributed by atoms with Crippen molar-refractivity contribution in [1.29, 1.82) is 0 Å². The number of fused-ring (bicyclic) bond motifs is 1. The van der Waals surface area contributed by atoms with Gasteiger partial charge in [0.15, 0.2) is 5.65 Å². The summed E-state index contributed by atoms with van der Waals surface area (Å²) in [5, 5.41) is 5.50. The van der Waals surface area contributed by atoms with Crippen LogP contribution < -0.4 is 4.74 Å². The number of hydrogen-bond donors (Lipinski definition) is 0. The van der Waals surface area contributed by atoms with E-state index in [1.165, 1.54) is 0 Å². The van der Waals surface area contributed by atoms with Gasteiger partial charge in [-0.25, -0.2) is 9.67 Å². The van der Waals surface area contributed by atoms with Crippen LogP contribution in [0.4, 0.5) is 0 Å². The Hall–Kier alpha value is -2.69. The number of carbonyl (C=O) groups excluding carboxylic acids is 1. The molecule has 0 aliphatic heterocycles. The molecule has 0 saturated carbocycles. The van der Waals surface area contributed by atoms with Crippen LogP contribution in [-0.4, -0.2) is 20.7 Å². The predicted octanol–water partition coefficient (Wildman–Crippen LogP) is 4.17. The topological polar surface area (TPSA) is 57.0 Å². The predicted molar refractivity (Wildman–Crippen MR) is 97.8 cm³/mol. The fraction of sp³-hybridized carbons (Fsp3) is 0.350. The number of rotatable bonds is 5. The summed E-state index contributed by atoms with van der Waals surface area (Å²) in [6.07, 6.45) is 2.80. The molecule has 0 unspecified atom stereocenters. The Morgan fingerprint density at radius 1 is 1.20 bits per heavy atom. The van der Waals surface area contributed by atoms with Crippen LogP contribution in [-0.2, 0) is 11.2 Å². The molecule has 0 aliphatic rings. The van der Waals surface area contributed by atoms with Crippen LogP contribution in [0, 0.1) is 13.8 Å². The molecule has 0 spiro atoms. The number of ether oxygens (including phenoxy) is 1. The zero-order valence-electron chi connectivity index (χ0n) is 15.1. The van der Waals surface area contributed by atoms with E-state index in [2.05, 4.69) is 25.9 Å². The standard InChI is InChI=1S/C20H23N3O2/c1-13(2)23-20-18(12-21-23)14(3)17(15(4)22-20)10-11-19(24)25-16-8-6-5-7-9-16/h5-9,12-13H,10-11H2,1-4H3. The summed E-state index contributed by atoms with van der Waals surface area (Å²) in [4.78, 5) is 16.8. The van der Waals surface area contributed by atoms with Crippen molar-refractivity contribution in [2.75, 3.05) is 0 Å². The molecular weight excluding hydrogens is 314 g/mol. The fourth-order valence-electron chi connectivity index (χ4n) is 3.04. The molecule has 2 aromatic heterocycles. The highest BCUT2D eigenvalue weighted by Gasteiger charge is 2.16. The smallest absolute Gasteiger partial charge is 0.311 e. The van der Waals surface area contributed by atoms with Crippen LogP contribution >= 0.6 is 0 Å². The molecule has 25 heavy (non-hydrogen) atoms. The quantitative estimate of drug-likeness (QED) is 0.518. The Balaban J connectivity index is 1.78. The summed E-state index contributed by atoms with van der Waals surface area (Å²) in [5.74, 6) is 0.343. The summed E-state index contributed by atoms with van der Waals surface area (Å²) in [6, 6.07) is 9.41. The van der Waals surface area contributed by atoms with Crippen molar-refractivity contribution in [2.24, 2.45) is 0 Å². The first kappa shape index (κ1) is 17.1. The van der Waals surface area contributed by atoms with Crippen LogP contribution in [0.2, 0.25) is 0 Å². The molecule has 2 heterocycles. The van der Waals surface area contributed by atoms with Gasteiger partial charge in [0.05, 0.1) is 12.6 Å². The lowest BCUT2D eigenvalue weighted by Crippen LogP contribution is -2.11. The highest BCUT2D eigenvalue weighted by atomic mass is 16.5. The van der Waals surface area contributed by atoms with Crippen LogP contribution in [0.5, 0.6) is 5.75 Å². The Labute approximate surface area is 147 Å². The minimum Gasteiger partial charge on any atom is -0.427 e. The number of pyridine rings is 1. The first-order valence-corrected chi connectivity index (χ1v) is 8.56. The van der Waals surface area contributed by atoms with Gasteiger partial charge < -0.3 is 4.74 Å². The molecule has 0 amide bonds. The second-order valence-electron chi connectivity index (χ2n) is 6.51. The van der Waals surface area contributed by atoms with E-state index in [9.17, 15) is 4.79 Å². The maximum Gasteiger partial charge on any atom is 0.311 e. The molecule has 0 radical (unpaired) electrons. The molecule has 0 fully saturated rings. The van der Waals surface area contributed by atoms with E-state index >= 15 is 0 Å². The van der Waals surface area contributed by atoms with Crippen molar-refractivity contribution in [2.45, 2.75) is 46.6 Å². The van der Waals surface area contributed by atoms with Crippen LogP contribution in [0.3, 0.4) is 0 Å². The van der Waals surface area contributed by atoms with Crippen molar-refractivity contribution in [3.63, 3.8) is 0 Å². The van der Waals surface area contributed by atoms with Gasteiger partial charge in [0, 0.05) is 17.1 Å². The van der Waals surface area contributed by atoms with E-state index < -0.39 is 0 Å². The minimum atomic E-state index is -0.233. The van der Waals surface area contributed by atoms with Gasteiger partial charge in [-0.3, -0.25) is 4.79 Å². The van der Waals surface area contributed by atoms with Gasteiger partial charge >= 0.3 is 5.97 Å². The number of aryl methyl sites for hydroxylation is 2. The van der Waals surface area contributed by atoms with Gasteiger partial charge in [0.1, 0.15) is 5.75 Å². The van der Waals surface area contributed by atoms with Crippen LogP contribution in [0.25, 0.3) is 11.0 Å². The molecule has 0 bridgehead atoms. The normalized spacial score (nSPS) is 11.2. The van der Waals surface area contributed by atoms with Crippen molar-refractivity contribution < 1.29 is 9.53 Å². The first-order chi connectivity index (χ1) is 12.0. The van der Waals surface area contributed by atoms with Gasteiger partial charge in [-0.1, -0.05) is 18.2 Å². The van der Waals surface area contributed by atoms with Gasteiger partial charge in [-0.2, -0.15) is 5.10 Å². The number of esters is 1. The highest BCUT2D eigenvalue weighted by molar-refractivity contribution is 5.81. The average molecular weight is 337 g/mol. The van der Waals surface area contributed by atoms with E-state index in [0.29, 0.717) is 18.6 Å². The molecular formula is C20H23N3O2. The van der Waals surface area contributed by atoms with Crippen LogP contribution in [0.15, 0.2) is 36.5 Å². The monoisotopic (exact) mass is 337 g/mol.